The molecule has 144 valence electrons. The number of nitrogens with one attached hydrogen (secondary N) is 2. The lowest BCUT2D eigenvalue weighted by molar-refractivity contribution is 0.207. The smallest absolute Gasteiger partial charge is 0.317 e. The fourth-order valence-electron chi connectivity index (χ4n) is 4.24. The summed E-state index contributed by atoms with van der Waals surface area (Å²) in [4.78, 5) is 14.5. The third kappa shape index (κ3) is 3.34. The van der Waals surface area contributed by atoms with Gasteiger partial charge in [-0.2, -0.15) is 5.10 Å². The molecule has 0 radical (unpaired) electrons. The third-order valence-electron chi connectivity index (χ3n) is 5.65. The number of nitrogens with zero attached hydrogens (tertiary/aromatic N) is 2. The number of urea groups is 1. The van der Waals surface area contributed by atoms with E-state index in [0.29, 0.717) is 13.1 Å². The summed E-state index contributed by atoms with van der Waals surface area (Å²) in [5.74, 6) is 1.74. The predicted octanol–water partition coefficient (Wildman–Crippen LogP) is 2.61. The summed E-state index contributed by atoms with van der Waals surface area (Å²) in [6, 6.07) is 5.89. The number of carbonyl (C=O) groups excluding carboxylic acids is 1. The number of aromatic amines is 1. The first-order chi connectivity index (χ1) is 13.2. The predicted molar refractivity (Wildman–Crippen MR) is 101 cm³/mol. The number of hydrogen-bond donors (Lipinski definition) is 2. The number of aryl methyl sites for hydroxylation is 1. The van der Waals surface area contributed by atoms with E-state index >= 15 is 0 Å². The van der Waals surface area contributed by atoms with E-state index in [4.69, 9.17) is 9.47 Å². The van der Waals surface area contributed by atoms with E-state index < -0.39 is 0 Å². The number of H-pyrrole nitrogens is 1. The minimum absolute atomic E-state index is 0.0332. The van der Waals surface area contributed by atoms with Crippen LogP contribution in [0.5, 0.6) is 11.5 Å². The number of ether oxygens (including phenoxy) is 2. The van der Waals surface area contributed by atoms with Crippen molar-refractivity contribution in [2.75, 3.05) is 27.3 Å². The van der Waals surface area contributed by atoms with Crippen LogP contribution in [0.4, 0.5) is 4.79 Å². The Hall–Kier alpha value is -2.70. The molecule has 2 aliphatic rings. The Labute approximate surface area is 159 Å². The molecule has 4 rings (SSSR count). The summed E-state index contributed by atoms with van der Waals surface area (Å²) in [6.45, 7) is 1.89. The molecular formula is C20H26N4O3. The highest BCUT2D eigenvalue weighted by molar-refractivity contribution is 5.74. The van der Waals surface area contributed by atoms with Crippen LogP contribution in [-0.2, 0) is 19.4 Å². The van der Waals surface area contributed by atoms with Crippen LogP contribution in [0.15, 0.2) is 18.2 Å². The average molecular weight is 370 g/mol. The van der Waals surface area contributed by atoms with Gasteiger partial charge in [0.15, 0.2) is 11.5 Å². The van der Waals surface area contributed by atoms with E-state index in [-0.39, 0.29) is 11.9 Å². The second-order valence-electron chi connectivity index (χ2n) is 7.15. The maximum atomic E-state index is 12.6. The summed E-state index contributed by atoms with van der Waals surface area (Å²) >= 11 is 0. The van der Waals surface area contributed by atoms with Gasteiger partial charge in [-0.25, -0.2) is 4.79 Å². The van der Waals surface area contributed by atoms with Crippen LogP contribution in [0.25, 0.3) is 0 Å². The van der Waals surface area contributed by atoms with Crippen molar-refractivity contribution in [2.45, 2.75) is 38.1 Å². The fourth-order valence-corrected chi connectivity index (χ4v) is 4.24. The monoisotopic (exact) mass is 370 g/mol. The second-order valence-corrected chi connectivity index (χ2v) is 7.15. The third-order valence-corrected chi connectivity index (χ3v) is 5.65. The summed E-state index contributed by atoms with van der Waals surface area (Å²) in [5, 5.41) is 10.5. The Morgan fingerprint density at radius 3 is 3.04 bits per heavy atom. The van der Waals surface area contributed by atoms with Crippen LogP contribution in [0, 0.1) is 0 Å². The van der Waals surface area contributed by atoms with Gasteiger partial charge >= 0.3 is 6.03 Å². The molecule has 0 saturated carbocycles. The lowest BCUT2D eigenvalue weighted by atomic mass is 9.97. The van der Waals surface area contributed by atoms with E-state index in [0.717, 1.165) is 48.6 Å². The van der Waals surface area contributed by atoms with Gasteiger partial charge in [0, 0.05) is 30.3 Å². The number of aromatic nitrogens is 2. The van der Waals surface area contributed by atoms with Crippen molar-refractivity contribution in [1.29, 1.82) is 0 Å². The normalized spacial score (nSPS) is 18.4. The molecule has 1 saturated heterocycles. The van der Waals surface area contributed by atoms with Gasteiger partial charge in [-0.3, -0.25) is 5.10 Å². The molecule has 1 unspecified atom stereocenters. The van der Waals surface area contributed by atoms with Gasteiger partial charge in [-0.1, -0.05) is 12.1 Å². The number of amides is 2. The van der Waals surface area contributed by atoms with Crippen LogP contribution in [0.3, 0.4) is 0 Å². The molecule has 1 aliphatic heterocycles. The largest absolute Gasteiger partial charge is 0.493 e. The van der Waals surface area contributed by atoms with E-state index in [2.05, 4.69) is 21.6 Å². The number of benzene rings is 1. The molecule has 27 heavy (non-hydrogen) atoms. The quantitative estimate of drug-likeness (QED) is 0.848. The summed E-state index contributed by atoms with van der Waals surface area (Å²) in [7, 11) is 3.30. The van der Waals surface area contributed by atoms with Gasteiger partial charge < -0.3 is 19.7 Å². The molecule has 0 bridgehead atoms. The zero-order valence-electron chi connectivity index (χ0n) is 15.9. The molecule has 2 N–H and O–H groups in total. The van der Waals surface area contributed by atoms with Crippen molar-refractivity contribution < 1.29 is 14.3 Å². The van der Waals surface area contributed by atoms with Gasteiger partial charge in [0.2, 0.25) is 0 Å². The van der Waals surface area contributed by atoms with Crippen LogP contribution < -0.4 is 14.8 Å². The Balaban J connectivity index is 1.38. The summed E-state index contributed by atoms with van der Waals surface area (Å²) < 4.78 is 11.0. The number of carbonyl (C=O) groups is 1. The van der Waals surface area contributed by atoms with Crippen LogP contribution in [-0.4, -0.2) is 48.4 Å². The molecule has 1 aliphatic carbocycles. The number of para-hydroxylation sites is 1. The molecule has 2 heterocycles. The maximum Gasteiger partial charge on any atom is 0.317 e. The minimum atomic E-state index is -0.0332. The lowest BCUT2D eigenvalue weighted by Gasteiger charge is -2.19. The van der Waals surface area contributed by atoms with Gasteiger partial charge in [0.05, 0.1) is 26.5 Å². The Morgan fingerprint density at radius 2 is 2.22 bits per heavy atom. The van der Waals surface area contributed by atoms with Crippen LogP contribution in [0.1, 0.15) is 41.3 Å². The van der Waals surface area contributed by atoms with Gasteiger partial charge in [0.25, 0.3) is 0 Å². The molecule has 1 aromatic heterocycles. The number of likely N-dealkylation sites (tertiary alicyclic amines) is 1. The van der Waals surface area contributed by atoms with Crippen molar-refractivity contribution in [2.24, 2.45) is 0 Å². The lowest BCUT2D eigenvalue weighted by Crippen LogP contribution is -2.38. The van der Waals surface area contributed by atoms with E-state index in [9.17, 15) is 4.79 Å². The SMILES string of the molecule is COc1cccc(C2CCN(C(=O)NCc3n[nH]c4c3CCC4)C2)c1OC. The first-order valence-corrected chi connectivity index (χ1v) is 9.50. The molecule has 2 amide bonds. The maximum absolute atomic E-state index is 12.6. The zero-order valence-corrected chi connectivity index (χ0v) is 15.9. The number of rotatable bonds is 5. The molecule has 7 heteroatoms. The van der Waals surface area contributed by atoms with Crippen molar-refractivity contribution >= 4 is 6.03 Å². The van der Waals surface area contributed by atoms with Gasteiger partial charge in [0.1, 0.15) is 0 Å². The van der Waals surface area contributed by atoms with Crippen molar-refractivity contribution in [3.05, 3.63) is 40.7 Å². The van der Waals surface area contributed by atoms with Crippen molar-refractivity contribution in [1.82, 2.24) is 20.4 Å². The molecule has 7 nitrogen and oxygen atoms in total. The molecule has 1 atom stereocenters. The average Bonchev–Trinajstić information content (AvgIpc) is 3.42. The van der Waals surface area contributed by atoms with E-state index in [1.807, 2.05) is 17.0 Å². The minimum Gasteiger partial charge on any atom is -0.493 e. The highest BCUT2D eigenvalue weighted by Gasteiger charge is 2.30. The Morgan fingerprint density at radius 1 is 1.33 bits per heavy atom. The van der Waals surface area contributed by atoms with E-state index in [1.165, 1.54) is 17.7 Å². The molecule has 0 spiro atoms. The Kier molecular flexibility index (Phi) is 4.92. The van der Waals surface area contributed by atoms with Crippen molar-refractivity contribution in [3.8, 4) is 11.5 Å². The molecule has 1 aromatic carbocycles. The Bertz CT molecular complexity index is 833. The molecular weight excluding hydrogens is 344 g/mol. The van der Waals surface area contributed by atoms with Crippen LogP contribution in [0.2, 0.25) is 0 Å². The second kappa shape index (κ2) is 7.50. The fraction of sp³-hybridized carbons (Fsp3) is 0.500. The topological polar surface area (TPSA) is 79.5 Å². The number of methoxy groups -OCH3 is 2. The molecule has 1 fully saturated rings. The highest BCUT2D eigenvalue weighted by Crippen LogP contribution is 2.39. The van der Waals surface area contributed by atoms with E-state index in [1.54, 1.807) is 14.2 Å². The highest BCUT2D eigenvalue weighted by atomic mass is 16.5. The standard InChI is InChI=1S/C20H26N4O3/c1-26-18-8-4-5-14(19(18)27-2)13-9-10-24(12-13)20(25)21-11-17-15-6-3-7-16(15)22-23-17/h4-5,8,13H,3,6-7,9-12H2,1-2H3,(H,21,25)(H,22,23). The summed E-state index contributed by atoms with van der Waals surface area (Å²) in [5.41, 5.74) is 4.58. The number of hydrogen-bond acceptors (Lipinski definition) is 4. The first-order valence-electron chi connectivity index (χ1n) is 9.50. The van der Waals surface area contributed by atoms with Crippen LogP contribution >= 0.6 is 0 Å². The first kappa shape index (κ1) is 17.7. The van der Waals surface area contributed by atoms with Gasteiger partial charge in [-0.15, -0.1) is 0 Å². The van der Waals surface area contributed by atoms with Crippen molar-refractivity contribution in [3.63, 3.8) is 0 Å². The van der Waals surface area contributed by atoms with Gasteiger partial charge in [-0.05, 0) is 37.3 Å². The zero-order chi connectivity index (χ0) is 18.8. The molecule has 2 aromatic rings. The number of fused-ring (bicyclic) bond motifs is 1. The summed E-state index contributed by atoms with van der Waals surface area (Å²) in [6.07, 6.45) is 4.19.